The second-order valence-electron chi connectivity index (χ2n) is 4.08. The van der Waals surface area contributed by atoms with Gasteiger partial charge in [0.15, 0.2) is 14.9 Å². The maximum atomic E-state index is 12.0. The third-order valence-corrected chi connectivity index (χ3v) is 4.41. The van der Waals surface area contributed by atoms with E-state index in [2.05, 4.69) is 10.1 Å². The summed E-state index contributed by atoms with van der Waals surface area (Å²) in [6, 6.07) is 1.87. The lowest BCUT2D eigenvalue weighted by Gasteiger charge is -2.05. The summed E-state index contributed by atoms with van der Waals surface area (Å²) in [6.45, 7) is 5.28. The van der Waals surface area contributed by atoms with Crippen molar-refractivity contribution in [3.63, 3.8) is 0 Å². The smallest absolute Gasteiger partial charge is 0.197 e. The van der Waals surface area contributed by atoms with E-state index < -0.39 is 9.84 Å². The summed E-state index contributed by atoms with van der Waals surface area (Å²) in [5.41, 5.74) is 2.11. The van der Waals surface area contributed by atoms with Crippen molar-refractivity contribution in [2.45, 2.75) is 25.8 Å². The summed E-state index contributed by atoms with van der Waals surface area (Å²) in [7, 11) is -1.59. The Morgan fingerprint density at radius 2 is 2.00 bits per heavy atom. The molecule has 92 valence electrons. The Hall–Kier alpha value is -1.43. The molecule has 0 N–H and O–H groups in total. The molecule has 0 fully saturated rings. The van der Waals surface area contributed by atoms with E-state index in [9.17, 15) is 8.42 Å². The van der Waals surface area contributed by atoms with E-state index in [1.54, 1.807) is 25.6 Å². The second kappa shape index (κ2) is 3.80. The summed E-state index contributed by atoms with van der Waals surface area (Å²) in [5, 5.41) is 5.24. The summed E-state index contributed by atoms with van der Waals surface area (Å²) in [5.74, 6) is 0.0444. The van der Waals surface area contributed by atoms with Gasteiger partial charge in [0.25, 0.3) is 0 Å². The standard InChI is InChI=1S/C11H15N3O2S/c1-5-17(15,16)11-10-9(6-7(2)12-11)8(3)13-14(10)4/h6H,5H2,1-4H3. The number of sulfone groups is 1. The van der Waals surface area contributed by atoms with Crippen LogP contribution in [-0.4, -0.2) is 28.9 Å². The number of pyridine rings is 1. The Morgan fingerprint density at radius 1 is 1.35 bits per heavy atom. The Balaban J connectivity index is 2.98. The first-order valence-electron chi connectivity index (χ1n) is 5.40. The number of hydrogen-bond acceptors (Lipinski definition) is 4. The minimum Gasteiger partial charge on any atom is -0.265 e. The van der Waals surface area contributed by atoms with Crippen molar-refractivity contribution in [3.8, 4) is 0 Å². The van der Waals surface area contributed by atoms with Gasteiger partial charge in [-0.2, -0.15) is 5.10 Å². The fourth-order valence-corrected chi connectivity index (χ4v) is 3.00. The highest BCUT2D eigenvalue weighted by molar-refractivity contribution is 7.91. The second-order valence-corrected chi connectivity index (χ2v) is 6.27. The lowest BCUT2D eigenvalue weighted by Crippen LogP contribution is -2.09. The lowest BCUT2D eigenvalue weighted by atomic mass is 10.2. The van der Waals surface area contributed by atoms with Crippen molar-refractivity contribution in [3.05, 3.63) is 17.5 Å². The third kappa shape index (κ3) is 1.82. The molecule has 0 amide bonds. The number of aryl methyl sites for hydroxylation is 3. The van der Waals surface area contributed by atoms with Crippen LogP contribution in [0.25, 0.3) is 10.9 Å². The normalized spacial score (nSPS) is 12.2. The molecule has 0 bridgehead atoms. The summed E-state index contributed by atoms with van der Waals surface area (Å²) in [6.07, 6.45) is 0. The zero-order chi connectivity index (χ0) is 12.8. The van der Waals surface area contributed by atoms with Crippen molar-refractivity contribution in [1.82, 2.24) is 14.8 Å². The van der Waals surface area contributed by atoms with Crippen LogP contribution in [0.2, 0.25) is 0 Å². The topological polar surface area (TPSA) is 64.8 Å². The van der Waals surface area contributed by atoms with Crippen LogP contribution in [0.5, 0.6) is 0 Å². The molecule has 2 aromatic rings. The number of nitrogens with zero attached hydrogens (tertiary/aromatic N) is 3. The number of aromatic nitrogens is 3. The number of fused-ring (bicyclic) bond motifs is 1. The van der Waals surface area contributed by atoms with E-state index >= 15 is 0 Å². The van der Waals surface area contributed by atoms with Crippen LogP contribution < -0.4 is 0 Å². The molecule has 0 unspecified atom stereocenters. The molecule has 17 heavy (non-hydrogen) atoms. The molecule has 0 aliphatic heterocycles. The van der Waals surface area contributed by atoms with E-state index in [1.807, 2.05) is 13.0 Å². The van der Waals surface area contributed by atoms with Crippen LogP contribution in [0.3, 0.4) is 0 Å². The summed E-state index contributed by atoms with van der Waals surface area (Å²) < 4.78 is 25.6. The maximum absolute atomic E-state index is 12.0. The zero-order valence-corrected chi connectivity index (χ0v) is 11.2. The van der Waals surface area contributed by atoms with Gasteiger partial charge in [0.05, 0.1) is 11.4 Å². The molecule has 0 saturated heterocycles. The minimum atomic E-state index is -3.33. The highest BCUT2D eigenvalue weighted by Crippen LogP contribution is 2.25. The molecule has 0 saturated carbocycles. The van der Waals surface area contributed by atoms with Gasteiger partial charge in [-0.25, -0.2) is 13.4 Å². The van der Waals surface area contributed by atoms with Gasteiger partial charge in [0.1, 0.15) is 5.52 Å². The van der Waals surface area contributed by atoms with Gasteiger partial charge in [-0.1, -0.05) is 6.92 Å². The van der Waals surface area contributed by atoms with E-state index in [1.165, 1.54) is 0 Å². The molecule has 0 atom stereocenters. The Labute approximate surface area is 100 Å². The largest absolute Gasteiger partial charge is 0.265 e. The molecular weight excluding hydrogens is 238 g/mol. The molecule has 0 aliphatic carbocycles. The first kappa shape index (κ1) is 12.0. The van der Waals surface area contributed by atoms with Gasteiger partial charge in [-0.3, -0.25) is 4.68 Å². The number of rotatable bonds is 2. The van der Waals surface area contributed by atoms with Crippen molar-refractivity contribution in [2.24, 2.45) is 7.05 Å². The van der Waals surface area contributed by atoms with Gasteiger partial charge < -0.3 is 0 Å². The van der Waals surface area contributed by atoms with Crippen molar-refractivity contribution < 1.29 is 8.42 Å². The van der Waals surface area contributed by atoms with Crippen molar-refractivity contribution in [2.75, 3.05) is 5.75 Å². The van der Waals surface area contributed by atoms with Crippen LogP contribution in [-0.2, 0) is 16.9 Å². The van der Waals surface area contributed by atoms with E-state index in [4.69, 9.17) is 0 Å². The molecule has 5 nitrogen and oxygen atoms in total. The van der Waals surface area contributed by atoms with Crippen LogP contribution in [0.1, 0.15) is 18.3 Å². The SMILES string of the molecule is CCS(=O)(=O)c1nc(C)cc2c(C)nn(C)c12. The molecule has 2 aromatic heterocycles. The molecule has 2 heterocycles. The molecule has 0 aliphatic rings. The molecule has 0 radical (unpaired) electrons. The Kier molecular flexibility index (Phi) is 2.69. The average Bonchev–Trinajstić information content (AvgIpc) is 2.53. The van der Waals surface area contributed by atoms with Gasteiger partial charge >= 0.3 is 0 Å². The zero-order valence-electron chi connectivity index (χ0n) is 10.4. The number of hydrogen-bond donors (Lipinski definition) is 0. The maximum Gasteiger partial charge on any atom is 0.197 e. The van der Waals surface area contributed by atoms with Crippen LogP contribution in [0.4, 0.5) is 0 Å². The summed E-state index contributed by atoms with van der Waals surface area (Å²) >= 11 is 0. The first-order valence-corrected chi connectivity index (χ1v) is 7.05. The highest BCUT2D eigenvalue weighted by atomic mass is 32.2. The molecule has 2 rings (SSSR count). The Morgan fingerprint density at radius 3 is 2.59 bits per heavy atom. The van der Waals surface area contributed by atoms with Gasteiger partial charge in [-0.15, -0.1) is 0 Å². The molecule has 6 heteroatoms. The van der Waals surface area contributed by atoms with E-state index in [0.717, 1.165) is 11.1 Å². The monoisotopic (exact) mass is 253 g/mol. The lowest BCUT2D eigenvalue weighted by molar-refractivity contribution is 0.593. The third-order valence-electron chi connectivity index (χ3n) is 2.78. The molecule has 0 spiro atoms. The molecule has 0 aromatic carbocycles. The van der Waals surface area contributed by atoms with Crippen LogP contribution >= 0.6 is 0 Å². The summed E-state index contributed by atoms with van der Waals surface area (Å²) in [4.78, 5) is 4.17. The minimum absolute atomic E-state index is 0.0444. The van der Waals surface area contributed by atoms with Crippen molar-refractivity contribution >= 4 is 20.7 Å². The Bertz CT molecular complexity index is 686. The van der Waals surface area contributed by atoms with Gasteiger partial charge in [0, 0.05) is 18.1 Å². The predicted octanol–water partition coefficient (Wildman–Crippen LogP) is 1.38. The first-order chi connectivity index (χ1) is 7.86. The quantitative estimate of drug-likeness (QED) is 0.811. The van der Waals surface area contributed by atoms with Crippen LogP contribution in [0.15, 0.2) is 11.1 Å². The predicted molar refractivity (Wildman–Crippen MR) is 65.7 cm³/mol. The average molecular weight is 253 g/mol. The van der Waals surface area contributed by atoms with Crippen molar-refractivity contribution in [1.29, 1.82) is 0 Å². The van der Waals surface area contributed by atoms with Crippen LogP contribution in [0, 0.1) is 13.8 Å². The highest BCUT2D eigenvalue weighted by Gasteiger charge is 2.21. The molecular formula is C11H15N3O2S. The fraction of sp³-hybridized carbons (Fsp3) is 0.455. The van der Waals surface area contributed by atoms with E-state index in [-0.39, 0.29) is 10.8 Å². The fourth-order valence-electron chi connectivity index (χ4n) is 1.91. The van der Waals surface area contributed by atoms with Gasteiger partial charge in [0.2, 0.25) is 0 Å². The van der Waals surface area contributed by atoms with Gasteiger partial charge in [-0.05, 0) is 19.9 Å². The van der Waals surface area contributed by atoms with E-state index in [0.29, 0.717) is 11.2 Å².